The average molecular weight is 315 g/mol. The Hall–Kier alpha value is -0.530. The molecule has 0 aromatic heterocycles. The fourth-order valence-corrected chi connectivity index (χ4v) is 2.96. The van der Waals surface area contributed by atoms with Gasteiger partial charge >= 0.3 is 0 Å². The second-order valence-corrected chi connectivity index (χ2v) is 5.64. The van der Waals surface area contributed by atoms with Crippen molar-refractivity contribution in [2.75, 3.05) is 13.7 Å². The lowest BCUT2D eigenvalue weighted by Gasteiger charge is -2.13. The van der Waals surface area contributed by atoms with Gasteiger partial charge in [-0.15, -0.1) is 12.4 Å². The largest absolute Gasteiger partial charge is 0.497 e. The number of hydrogen-bond acceptors (Lipinski definition) is 4. The van der Waals surface area contributed by atoms with Crippen molar-refractivity contribution in [2.45, 2.75) is 17.9 Å². The fraction of sp³-hybridized carbons (Fsp3) is 0.400. The molecule has 0 unspecified atom stereocenters. The quantitative estimate of drug-likeness (QED) is 0.860. The monoisotopic (exact) mass is 314 g/mol. The Morgan fingerprint density at radius 2 is 2.11 bits per heavy atom. The van der Waals surface area contributed by atoms with Gasteiger partial charge in [0, 0.05) is 18.7 Å². The van der Waals surface area contributed by atoms with Gasteiger partial charge in [0.1, 0.15) is 10.6 Å². The van der Waals surface area contributed by atoms with Gasteiger partial charge in [0.25, 0.3) is 0 Å². The van der Waals surface area contributed by atoms with E-state index in [1.807, 2.05) is 0 Å². The molecule has 0 aliphatic heterocycles. The lowest BCUT2D eigenvalue weighted by Crippen LogP contribution is -2.37. The molecule has 0 aliphatic carbocycles. The highest BCUT2D eigenvalue weighted by atomic mass is 35.5. The average Bonchev–Trinajstić information content (AvgIpc) is 2.28. The molecule has 18 heavy (non-hydrogen) atoms. The van der Waals surface area contributed by atoms with Gasteiger partial charge in [0.05, 0.1) is 12.1 Å². The summed E-state index contributed by atoms with van der Waals surface area (Å²) in [6.07, 6.45) is 0. The van der Waals surface area contributed by atoms with Gasteiger partial charge in [-0.25, -0.2) is 13.1 Å². The molecule has 1 aromatic rings. The molecule has 0 saturated heterocycles. The molecular formula is C10H16Cl2N2O3S. The summed E-state index contributed by atoms with van der Waals surface area (Å²) in [6, 6.07) is 4.08. The van der Waals surface area contributed by atoms with Crippen LogP contribution < -0.4 is 15.2 Å². The van der Waals surface area contributed by atoms with Gasteiger partial charge < -0.3 is 10.5 Å². The van der Waals surface area contributed by atoms with Gasteiger partial charge in [-0.3, -0.25) is 0 Å². The molecule has 0 radical (unpaired) electrons. The number of methoxy groups -OCH3 is 1. The first-order valence-electron chi connectivity index (χ1n) is 4.96. The van der Waals surface area contributed by atoms with Crippen molar-refractivity contribution in [3.05, 3.63) is 23.2 Å². The van der Waals surface area contributed by atoms with Gasteiger partial charge in [0.2, 0.25) is 10.0 Å². The van der Waals surface area contributed by atoms with Crippen LogP contribution in [0.15, 0.2) is 23.1 Å². The van der Waals surface area contributed by atoms with E-state index in [0.717, 1.165) is 0 Å². The summed E-state index contributed by atoms with van der Waals surface area (Å²) < 4.78 is 31.3. The molecule has 1 atom stereocenters. The van der Waals surface area contributed by atoms with E-state index in [0.29, 0.717) is 5.75 Å². The van der Waals surface area contributed by atoms with Crippen LogP contribution in [0.4, 0.5) is 0 Å². The number of halogens is 2. The third-order valence-electron chi connectivity index (χ3n) is 2.14. The van der Waals surface area contributed by atoms with Crippen LogP contribution in [0, 0.1) is 0 Å². The van der Waals surface area contributed by atoms with E-state index in [9.17, 15) is 8.42 Å². The Morgan fingerprint density at radius 3 is 2.61 bits per heavy atom. The maximum atomic E-state index is 12.0. The van der Waals surface area contributed by atoms with Crippen LogP contribution >= 0.6 is 24.0 Å². The van der Waals surface area contributed by atoms with Crippen LogP contribution in [0.5, 0.6) is 5.75 Å². The summed E-state index contributed by atoms with van der Waals surface area (Å²) in [5.41, 5.74) is 5.37. The minimum atomic E-state index is -3.68. The summed E-state index contributed by atoms with van der Waals surface area (Å²) in [5, 5.41) is 0.141. The van der Waals surface area contributed by atoms with Crippen LogP contribution in [0.1, 0.15) is 6.92 Å². The first-order chi connectivity index (χ1) is 7.90. The van der Waals surface area contributed by atoms with Crippen molar-refractivity contribution in [1.82, 2.24) is 4.72 Å². The topological polar surface area (TPSA) is 81.4 Å². The van der Waals surface area contributed by atoms with Gasteiger partial charge in [0.15, 0.2) is 0 Å². The number of nitrogens with two attached hydrogens (primary N) is 1. The second kappa shape index (κ2) is 7.16. The smallest absolute Gasteiger partial charge is 0.242 e. The van der Waals surface area contributed by atoms with E-state index < -0.39 is 10.0 Å². The molecule has 1 rings (SSSR count). The Labute approximate surface area is 118 Å². The number of nitrogens with one attached hydrogen (secondary N) is 1. The van der Waals surface area contributed by atoms with Crippen molar-refractivity contribution in [1.29, 1.82) is 0 Å². The molecule has 1 aromatic carbocycles. The first-order valence-corrected chi connectivity index (χ1v) is 6.82. The number of benzene rings is 1. The Kier molecular flexibility index (Phi) is 6.94. The summed E-state index contributed by atoms with van der Waals surface area (Å²) in [7, 11) is -2.22. The molecule has 0 fully saturated rings. The maximum Gasteiger partial charge on any atom is 0.242 e. The minimum Gasteiger partial charge on any atom is -0.497 e. The molecule has 0 amide bonds. The Balaban J connectivity index is 0.00000289. The van der Waals surface area contributed by atoms with E-state index in [-0.39, 0.29) is 34.9 Å². The highest BCUT2D eigenvalue weighted by molar-refractivity contribution is 7.89. The van der Waals surface area contributed by atoms with Crippen LogP contribution in [0.2, 0.25) is 5.02 Å². The van der Waals surface area contributed by atoms with Crippen molar-refractivity contribution in [3.63, 3.8) is 0 Å². The summed E-state index contributed by atoms with van der Waals surface area (Å²) >= 11 is 5.86. The van der Waals surface area contributed by atoms with Gasteiger partial charge in [-0.05, 0) is 19.1 Å². The summed E-state index contributed by atoms with van der Waals surface area (Å²) in [5.74, 6) is 0.426. The zero-order chi connectivity index (χ0) is 13.1. The fourth-order valence-electron chi connectivity index (χ4n) is 1.19. The van der Waals surface area contributed by atoms with Crippen molar-refractivity contribution < 1.29 is 13.2 Å². The molecule has 0 aliphatic rings. The number of hydrogen-bond donors (Lipinski definition) is 2. The van der Waals surface area contributed by atoms with E-state index in [4.69, 9.17) is 22.1 Å². The van der Waals surface area contributed by atoms with E-state index in [2.05, 4.69) is 4.72 Å². The molecule has 5 nitrogen and oxygen atoms in total. The zero-order valence-corrected chi connectivity index (χ0v) is 12.4. The predicted molar refractivity (Wildman–Crippen MR) is 74.1 cm³/mol. The first kappa shape index (κ1) is 17.5. The van der Waals surface area contributed by atoms with E-state index in [1.165, 1.54) is 19.2 Å². The van der Waals surface area contributed by atoms with Gasteiger partial charge in [-0.1, -0.05) is 11.6 Å². The van der Waals surface area contributed by atoms with Gasteiger partial charge in [-0.2, -0.15) is 0 Å². The highest BCUT2D eigenvalue weighted by Gasteiger charge is 2.20. The summed E-state index contributed by atoms with van der Waals surface area (Å²) in [4.78, 5) is -0.0150. The molecule has 8 heteroatoms. The molecule has 0 saturated carbocycles. The maximum absolute atomic E-state index is 12.0. The molecular weight excluding hydrogens is 299 g/mol. The standard InChI is InChI=1S/C10H15ClN2O3S.ClH/c1-7(6-12)13-17(14,15)10-5-8(16-2)3-4-9(10)11;/h3-5,7,13H,6,12H2,1-2H3;1H/t7-;/m0./s1. The van der Waals surface area contributed by atoms with Crippen molar-refractivity contribution >= 4 is 34.0 Å². The summed E-state index contributed by atoms with van der Waals surface area (Å²) in [6.45, 7) is 1.88. The predicted octanol–water partition coefficient (Wildman–Crippen LogP) is 1.40. The van der Waals surface area contributed by atoms with Crippen LogP contribution in [-0.2, 0) is 10.0 Å². The Bertz CT molecular complexity index is 494. The van der Waals surface area contributed by atoms with Crippen LogP contribution in [0.25, 0.3) is 0 Å². The number of sulfonamides is 1. The third kappa shape index (κ3) is 4.29. The third-order valence-corrected chi connectivity index (χ3v) is 4.21. The van der Waals surface area contributed by atoms with Crippen LogP contribution in [0.3, 0.4) is 0 Å². The van der Waals surface area contributed by atoms with Crippen LogP contribution in [-0.4, -0.2) is 28.1 Å². The molecule has 3 N–H and O–H groups in total. The molecule has 104 valence electrons. The number of ether oxygens (including phenoxy) is 1. The Morgan fingerprint density at radius 1 is 1.50 bits per heavy atom. The van der Waals surface area contributed by atoms with E-state index >= 15 is 0 Å². The normalized spacial score (nSPS) is 12.7. The zero-order valence-electron chi connectivity index (χ0n) is 10.0. The van der Waals surface area contributed by atoms with Crippen molar-refractivity contribution in [2.24, 2.45) is 5.73 Å². The number of rotatable bonds is 5. The minimum absolute atomic E-state index is 0. The van der Waals surface area contributed by atoms with E-state index in [1.54, 1.807) is 13.0 Å². The molecule has 0 bridgehead atoms. The second-order valence-electron chi connectivity index (χ2n) is 3.55. The molecule has 0 heterocycles. The SMILES string of the molecule is COc1ccc(Cl)c(S(=O)(=O)N[C@@H](C)CN)c1.Cl. The lowest BCUT2D eigenvalue weighted by molar-refractivity contribution is 0.413. The lowest BCUT2D eigenvalue weighted by atomic mass is 10.3. The van der Waals surface area contributed by atoms with Crippen molar-refractivity contribution in [3.8, 4) is 5.75 Å². The highest BCUT2D eigenvalue weighted by Crippen LogP contribution is 2.26. The molecule has 0 spiro atoms.